The Morgan fingerprint density at radius 1 is 0.371 bits per heavy atom. The van der Waals surface area contributed by atoms with Crippen molar-refractivity contribution in [2.75, 3.05) is 9.80 Å². The molecule has 0 bridgehead atoms. The fourth-order valence-corrected chi connectivity index (χ4v) is 10.3. The summed E-state index contributed by atoms with van der Waals surface area (Å²) in [6.07, 6.45) is 0. The van der Waals surface area contributed by atoms with Crippen molar-refractivity contribution in [1.82, 2.24) is 9.55 Å². The second kappa shape index (κ2) is 14.9. The molecule has 0 radical (unpaired) electrons. The minimum Gasteiger partial charge on any atom is -0.310 e. The molecule has 0 saturated carbocycles. The van der Waals surface area contributed by atoms with Gasteiger partial charge in [0.15, 0.2) is 0 Å². The summed E-state index contributed by atoms with van der Waals surface area (Å²) >= 11 is 1.77. The van der Waals surface area contributed by atoms with Crippen molar-refractivity contribution in [1.29, 1.82) is 0 Å². The summed E-state index contributed by atoms with van der Waals surface area (Å²) in [6, 6.07) is 82.8. The SMILES string of the molecule is c1ccc(-c2nc3ccc4ccc5ccc(N(c6ccccc6)c6cccc(N(c7ccccc7)c7ccc8c(c7)c7ccccc7n8-c7ccccc7)c6)cc5c4c3s2)cc1. The molecule has 0 saturated heterocycles. The van der Waals surface area contributed by atoms with Gasteiger partial charge in [0.1, 0.15) is 5.01 Å². The standard InChI is InChI=1S/C57H38N4S/c1-5-16-41(17-6-1)57-58-52-34-31-40-29-28-39-30-32-47(37-50(39)55(40)56(52)62-57)59(42-18-7-2-8-19-42)45-24-15-25-46(36-45)60(43-20-9-3-10-21-43)48-33-35-54-51(38-48)49-26-13-14-27-53(49)61(54)44-22-11-4-12-23-44/h1-38H. The highest BCUT2D eigenvalue weighted by Crippen LogP contribution is 2.45. The first-order valence-corrected chi connectivity index (χ1v) is 21.8. The second-order valence-electron chi connectivity index (χ2n) is 15.6. The predicted octanol–water partition coefficient (Wildman–Crippen LogP) is 16.3. The molecule has 12 aromatic rings. The normalized spacial score (nSPS) is 11.5. The Bertz CT molecular complexity index is 3580. The Hall–Kier alpha value is -7.99. The molecule has 292 valence electrons. The first kappa shape index (κ1) is 35.9. The van der Waals surface area contributed by atoms with Gasteiger partial charge in [-0.05, 0) is 113 Å². The number of aromatic nitrogens is 2. The second-order valence-corrected chi connectivity index (χ2v) is 16.6. The summed E-state index contributed by atoms with van der Waals surface area (Å²) in [7, 11) is 0. The van der Waals surface area contributed by atoms with Crippen molar-refractivity contribution < 1.29 is 0 Å². The molecule has 62 heavy (non-hydrogen) atoms. The van der Waals surface area contributed by atoms with Gasteiger partial charge in [-0.3, -0.25) is 0 Å². The average Bonchev–Trinajstić information content (AvgIpc) is 3.93. The fourth-order valence-electron chi connectivity index (χ4n) is 9.13. The van der Waals surface area contributed by atoms with Crippen molar-refractivity contribution in [3.63, 3.8) is 0 Å². The van der Waals surface area contributed by atoms with Crippen LogP contribution in [-0.4, -0.2) is 9.55 Å². The van der Waals surface area contributed by atoms with E-state index in [0.29, 0.717) is 0 Å². The molecule has 0 unspecified atom stereocenters. The Kier molecular flexibility index (Phi) is 8.65. The molecule has 0 atom stereocenters. The van der Waals surface area contributed by atoms with Gasteiger partial charge in [0, 0.05) is 61.5 Å². The Morgan fingerprint density at radius 2 is 0.887 bits per heavy atom. The topological polar surface area (TPSA) is 24.3 Å². The Morgan fingerprint density at radius 3 is 1.60 bits per heavy atom. The summed E-state index contributed by atoms with van der Waals surface area (Å²) in [4.78, 5) is 9.87. The number of nitrogens with zero attached hydrogens (tertiary/aromatic N) is 4. The highest BCUT2D eigenvalue weighted by molar-refractivity contribution is 7.22. The van der Waals surface area contributed by atoms with Crippen molar-refractivity contribution in [2.45, 2.75) is 0 Å². The molecule has 0 spiro atoms. The van der Waals surface area contributed by atoms with Gasteiger partial charge in [0.2, 0.25) is 0 Å². The van der Waals surface area contributed by atoms with Crippen LogP contribution in [0.3, 0.4) is 0 Å². The first-order chi connectivity index (χ1) is 30.7. The smallest absolute Gasteiger partial charge is 0.124 e. The average molecular weight is 811 g/mol. The maximum absolute atomic E-state index is 5.12. The third kappa shape index (κ3) is 6.09. The molecule has 2 heterocycles. The zero-order valence-electron chi connectivity index (χ0n) is 33.6. The number of para-hydroxylation sites is 4. The third-order valence-corrected chi connectivity index (χ3v) is 13.1. The lowest BCUT2D eigenvalue weighted by Gasteiger charge is -2.29. The van der Waals surface area contributed by atoms with Crippen molar-refractivity contribution in [2.24, 2.45) is 0 Å². The van der Waals surface area contributed by atoms with Crippen LogP contribution >= 0.6 is 11.3 Å². The minimum atomic E-state index is 1.02. The number of rotatable bonds is 8. The van der Waals surface area contributed by atoms with Gasteiger partial charge in [-0.1, -0.05) is 133 Å². The van der Waals surface area contributed by atoms with Crippen molar-refractivity contribution in [3.05, 3.63) is 231 Å². The number of hydrogen-bond donors (Lipinski definition) is 0. The fraction of sp³-hybridized carbons (Fsp3) is 0. The molecule has 0 aliphatic rings. The summed E-state index contributed by atoms with van der Waals surface area (Å²) in [6.45, 7) is 0. The lowest BCUT2D eigenvalue weighted by atomic mass is 10.0. The zero-order chi connectivity index (χ0) is 41.0. The van der Waals surface area contributed by atoms with E-state index in [1.54, 1.807) is 11.3 Å². The molecular weight excluding hydrogens is 773 g/mol. The van der Waals surface area contributed by atoms with Crippen LogP contribution in [0.15, 0.2) is 231 Å². The van der Waals surface area contributed by atoms with E-state index in [9.17, 15) is 0 Å². The largest absolute Gasteiger partial charge is 0.310 e. The van der Waals surface area contributed by atoms with E-state index < -0.39 is 0 Å². The van der Waals surface area contributed by atoms with Gasteiger partial charge >= 0.3 is 0 Å². The van der Waals surface area contributed by atoms with Crippen molar-refractivity contribution in [3.8, 4) is 16.3 Å². The summed E-state index contributed by atoms with van der Waals surface area (Å²) in [5.74, 6) is 0. The maximum Gasteiger partial charge on any atom is 0.124 e. The molecule has 12 rings (SSSR count). The van der Waals surface area contributed by atoms with Gasteiger partial charge in [-0.2, -0.15) is 0 Å². The molecule has 0 aliphatic carbocycles. The van der Waals surface area contributed by atoms with E-state index in [0.717, 1.165) is 55.9 Å². The summed E-state index contributed by atoms with van der Waals surface area (Å²) in [5, 5.41) is 8.32. The van der Waals surface area contributed by atoms with E-state index in [2.05, 4.69) is 245 Å². The summed E-state index contributed by atoms with van der Waals surface area (Å²) < 4.78 is 3.58. The highest BCUT2D eigenvalue weighted by atomic mass is 32.1. The van der Waals surface area contributed by atoms with Gasteiger partial charge in [0.25, 0.3) is 0 Å². The molecule has 0 fully saturated rings. The van der Waals surface area contributed by atoms with E-state index >= 15 is 0 Å². The number of anilines is 6. The molecule has 0 aliphatic heterocycles. The first-order valence-electron chi connectivity index (χ1n) is 21.0. The minimum absolute atomic E-state index is 1.02. The van der Waals surface area contributed by atoms with Crippen LogP contribution in [0, 0.1) is 0 Å². The lowest BCUT2D eigenvalue weighted by molar-refractivity contribution is 1.18. The van der Waals surface area contributed by atoms with Gasteiger partial charge in [0.05, 0.1) is 21.3 Å². The number of fused-ring (bicyclic) bond motifs is 8. The third-order valence-electron chi connectivity index (χ3n) is 11.9. The van der Waals surface area contributed by atoms with Gasteiger partial charge in [-0.25, -0.2) is 4.98 Å². The number of benzene rings is 10. The summed E-state index contributed by atoms with van der Waals surface area (Å²) in [5.41, 5.74) is 12.1. The van der Waals surface area contributed by atoms with Gasteiger partial charge in [-0.15, -0.1) is 11.3 Å². The molecular formula is C57H38N4S. The predicted molar refractivity (Wildman–Crippen MR) is 264 cm³/mol. The Labute approximate surface area is 363 Å². The van der Waals surface area contributed by atoms with Crippen LogP contribution in [0.2, 0.25) is 0 Å². The van der Waals surface area contributed by atoms with E-state index in [4.69, 9.17) is 4.98 Å². The van der Waals surface area contributed by atoms with Crippen LogP contribution in [-0.2, 0) is 0 Å². The van der Waals surface area contributed by atoms with E-state index in [-0.39, 0.29) is 0 Å². The van der Waals surface area contributed by atoms with Crippen molar-refractivity contribution >= 4 is 99.0 Å². The molecule has 10 aromatic carbocycles. The molecule has 4 nitrogen and oxygen atoms in total. The molecule has 5 heteroatoms. The lowest BCUT2D eigenvalue weighted by Crippen LogP contribution is -2.13. The van der Waals surface area contributed by atoms with Crippen LogP contribution < -0.4 is 9.80 Å². The highest BCUT2D eigenvalue weighted by Gasteiger charge is 2.21. The van der Waals surface area contributed by atoms with Crippen LogP contribution in [0.5, 0.6) is 0 Å². The van der Waals surface area contributed by atoms with Gasteiger partial charge < -0.3 is 14.4 Å². The molecule has 0 amide bonds. The van der Waals surface area contributed by atoms with E-state index in [1.807, 2.05) is 0 Å². The molecule has 2 aromatic heterocycles. The van der Waals surface area contributed by atoms with Crippen LogP contribution in [0.25, 0.3) is 69.8 Å². The molecule has 0 N–H and O–H groups in total. The number of hydrogen-bond acceptors (Lipinski definition) is 4. The van der Waals surface area contributed by atoms with Crippen LogP contribution in [0.4, 0.5) is 34.1 Å². The monoisotopic (exact) mass is 810 g/mol. The Balaban J connectivity index is 1.03. The van der Waals surface area contributed by atoms with E-state index in [1.165, 1.54) is 48.1 Å². The number of thiazole rings is 1. The zero-order valence-corrected chi connectivity index (χ0v) is 34.5. The quantitative estimate of drug-likeness (QED) is 0.143. The van der Waals surface area contributed by atoms with Crippen LogP contribution in [0.1, 0.15) is 0 Å². The maximum atomic E-state index is 5.12.